The maximum Gasteiger partial charge on any atom is 0.0611 e. The Balaban J connectivity index is 2.45. The van der Waals surface area contributed by atoms with Crippen molar-refractivity contribution in [1.82, 2.24) is 10.3 Å². The third kappa shape index (κ3) is 2.19. The molecule has 16 heavy (non-hydrogen) atoms. The number of pyridine rings is 1. The molecule has 2 heterocycles. The Morgan fingerprint density at radius 1 is 1.38 bits per heavy atom. The van der Waals surface area contributed by atoms with Crippen LogP contribution in [0.3, 0.4) is 0 Å². The summed E-state index contributed by atoms with van der Waals surface area (Å²) in [5.74, 6) is 0. The third-order valence-corrected chi connectivity index (χ3v) is 4.35. The van der Waals surface area contributed by atoms with E-state index >= 15 is 0 Å². The minimum Gasteiger partial charge on any atom is -0.309 e. The van der Waals surface area contributed by atoms with Crippen LogP contribution in [0, 0.1) is 6.92 Å². The molecule has 4 heteroatoms. The van der Waals surface area contributed by atoms with E-state index in [9.17, 15) is 0 Å². The van der Waals surface area contributed by atoms with Crippen molar-refractivity contribution in [2.75, 3.05) is 7.05 Å². The van der Waals surface area contributed by atoms with Gasteiger partial charge in [0.1, 0.15) is 0 Å². The fourth-order valence-corrected chi connectivity index (χ4v) is 3.33. The van der Waals surface area contributed by atoms with Gasteiger partial charge in [-0.05, 0) is 52.5 Å². The van der Waals surface area contributed by atoms with Crippen LogP contribution in [-0.4, -0.2) is 12.0 Å². The van der Waals surface area contributed by atoms with Crippen LogP contribution in [0.1, 0.15) is 22.9 Å². The molecule has 0 radical (unpaired) electrons. The molecule has 0 aliphatic heterocycles. The molecule has 0 bridgehead atoms. The molecular formula is C12H13BrN2S. The minimum absolute atomic E-state index is 0.203. The Hall–Kier alpha value is -0.710. The monoisotopic (exact) mass is 296 g/mol. The lowest BCUT2D eigenvalue weighted by molar-refractivity contribution is 0.683. The van der Waals surface area contributed by atoms with E-state index < -0.39 is 0 Å². The molecule has 84 valence electrons. The Morgan fingerprint density at radius 3 is 2.75 bits per heavy atom. The fourth-order valence-electron chi connectivity index (χ4n) is 1.78. The van der Waals surface area contributed by atoms with Gasteiger partial charge in [0.25, 0.3) is 0 Å². The summed E-state index contributed by atoms with van der Waals surface area (Å²) in [4.78, 5) is 4.34. The summed E-state index contributed by atoms with van der Waals surface area (Å²) >= 11 is 5.28. The Morgan fingerprint density at radius 2 is 2.19 bits per heavy atom. The molecule has 0 aromatic carbocycles. The lowest BCUT2D eigenvalue weighted by Crippen LogP contribution is -2.18. The van der Waals surface area contributed by atoms with E-state index in [4.69, 9.17) is 0 Å². The average Bonchev–Trinajstić information content (AvgIpc) is 2.69. The third-order valence-electron chi connectivity index (χ3n) is 2.60. The quantitative estimate of drug-likeness (QED) is 0.937. The maximum atomic E-state index is 4.34. The first-order valence-corrected chi connectivity index (χ1v) is 6.78. The van der Waals surface area contributed by atoms with Gasteiger partial charge in [-0.15, -0.1) is 0 Å². The van der Waals surface area contributed by atoms with Crippen molar-refractivity contribution in [1.29, 1.82) is 0 Å². The van der Waals surface area contributed by atoms with Crippen LogP contribution in [0.25, 0.3) is 0 Å². The zero-order valence-corrected chi connectivity index (χ0v) is 11.6. The smallest absolute Gasteiger partial charge is 0.0611 e. The highest BCUT2D eigenvalue weighted by Gasteiger charge is 2.17. The van der Waals surface area contributed by atoms with E-state index in [1.807, 2.05) is 26.2 Å². The van der Waals surface area contributed by atoms with Crippen molar-refractivity contribution < 1.29 is 0 Å². The topological polar surface area (TPSA) is 24.9 Å². The van der Waals surface area contributed by atoms with Crippen LogP contribution < -0.4 is 5.32 Å². The number of hydrogen-bond donors (Lipinski definition) is 1. The molecule has 0 aliphatic rings. The SMILES string of the molecule is CNC(c1cscc1Br)c1cccnc1C. The molecule has 2 aromatic heterocycles. The highest BCUT2D eigenvalue weighted by Crippen LogP contribution is 2.32. The summed E-state index contributed by atoms with van der Waals surface area (Å²) in [6.07, 6.45) is 1.83. The van der Waals surface area contributed by atoms with Gasteiger partial charge in [0, 0.05) is 21.7 Å². The Bertz CT molecular complexity index is 481. The molecule has 0 saturated heterocycles. The standard InChI is InChI=1S/C12H13BrN2S/c1-8-9(4-3-5-15-8)12(14-2)10-6-16-7-11(10)13/h3-7,12,14H,1-2H3. The molecule has 1 unspecified atom stereocenters. The molecule has 1 atom stereocenters. The van der Waals surface area contributed by atoms with Crippen LogP contribution in [0.2, 0.25) is 0 Å². The molecule has 0 aliphatic carbocycles. The number of hydrogen-bond acceptors (Lipinski definition) is 3. The summed E-state index contributed by atoms with van der Waals surface area (Å²) in [6, 6.07) is 4.30. The number of nitrogens with zero attached hydrogens (tertiary/aromatic N) is 1. The van der Waals surface area contributed by atoms with E-state index in [1.165, 1.54) is 11.1 Å². The normalized spacial score (nSPS) is 12.7. The molecule has 2 nitrogen and oxygen atoms in total. The van der Waals surface area contributed by atoms with Crippen LogP contribution >= 0.6 is 27.3 Å². The lowest BCUT2D eigenvalue weighted by Gasteiger charge is -2.17. The lowest BCUT2D eigenvalue weighted by atomic mass is 10.0. The van der Waals surface area contributed by atoms with Gasteiger partial charge >= 0.3 is 0 Å². The number of aromatic nitrogens is 1. The molecule has 1 N–H and O–H groups in total. The number of aryl methyl sites for hydroxylation is 1. The van der Waals surface area contributed by atoms with Crippen molar-refractivity contribution in [3.63, 3.8) is 0 Å². The second kappa shape index (κ2) is 5.08. The van der Waals surface area contributed by atoms with E-state index in [0.29, 0.717) is 0 Å². The maximum absolute atomic E-state index is 4.34. The first kappa shape index (κ1) is 11.8. The van der Waals surface area contributed by atoms with Gasteiger partial charge in [0.15, 0.2) is 0 Å². The van der Waals surface area contributed by atoms with Crippen LogP contribution in [0.15, 0.2) is 33.6 Å². The number of rotatable bonds is 3. The summed E-state index contributed by atoms with van der Waals surface area (Å²) < 4.78 is 1.15. The van der Waals surface area contributed by atoms with Crippen LogP contribution in [0.5, 0.6) is 0 Å². The number of halogens is 1. The molecule has 0 saturated carbocycles. The first-order chi connectivity index (χ1) is 7.74. The molecule has 0 amide bonds. The van der Waals surface area contributed by atoms with Crippen molar-refractivity contribution in [3.8, 4) is 0 Å². The molecule has 0 spiro atoms. The number of nitrogens with one attached hydrogen (secondary N) is 1. The zero-order chi connectivity index (χ0) is 11.5. The van der Waals surface area contributed by atoms with E-state index in [2.05, 4.69) is 43.1 Å². The van der Waals surface area contributed by atoms with Crippen molar-refractivity contribution in [2.45, 2.75) is 13.0 Å². The van der Waals surface area contributed by atoms with E-state index in [-0.39, 0.29) is 6.04 Å². The second-order valence-electron chi connectivity index (χ2n) is 3.57. The largest absolute Gasteiger partial charge is 0.309 e. The Labute approximate surface area is 108 Å². The zero-order valence-electron chi connectivity index (χ0n) is 9.20. The minimum atomic E-state index is 0.203. The van der Waals surface area contributed by atoms with Gasteiger partial charge < -0.3 is 5.32 Å². The molecule has 0 fully saturated rings. The highest BCUT2D eigenvalue weighted by atomic mass is 79.9. The van der Waals surface area contributed by atoms with Gasteiger partial charge in [-0.3, -0.25) is 4.98 Å². The molecule has 2 aromatic rings. The first-order valence-electron chi connectivity index (χ1n) is 5.04. The summed E-state index contributed by atoms with van der Waals surface area (Å²) in [6.45, 7) is 2.04. The molecule has 2 rings (SSSR count). The predicted molar refractivity (Wildman–Crippen MR) is 71.9 cm³/mol. The summed E-state index contributed by atoms with van der Waals surface area (Å²) in [5, 5.41) is 7.61. The highest BCUT2D eigenvalue weighted by molar-refractivity contribution is 9.10. The van der Waals surface area contributed by atoms with Gasteiger partial charge in [-0.2, -0.15) is 11.3 Å². The van der Waals surface area contributed by atoms with Crippen molar-refractivity contribution in [3.05, 3.63) is 50.4 Å². The van der Waals surface area contributed by atoms with Gasteiger partial charge in [0.05, 0.1) is 6.04 Å². The van der Waals surface area contributed by atoms with Gasteiger partial charge in [-0.25, -0.2) is 0 Å². The fraction of sp³-hybridized carbons (Fsp3) is 0.250. The van der Waals surface area contributed by atoms with Gasteiger partial charge in [0.2, 0.25) is 0 Å². The second-order valence-corrected chi connectivity index (χ2v) is 5.17. The van der Waals surface area contributed by atoms with Crippen molar-refractivity contribution >= 4 is 27.3 Å². The van der Waals surface area contributed by atoms with Gasteiger partial charge in [-0.1, -0.05) is 6.07 Å². The average molecular weight is 297 g/mol. The summed E-state index contributed by atoms with van der Waals surface area (Å²) in [7, 11) is 1.97. The molecular weight excluding hydrogens is 284 g/mol. The predicted octanol–water partition coefficient (Wildman–Crippen LogP) is 3.52. The number of thiophene rings is 1. The van der Waals surface area contributed by atoms with E-state index in [1.54, 1.807) is 11.3 Å². The Kier molecular flexibility index (Phi) is 3.74. The van der Waals surface area contributed by atoms with E-state index in [0.717, 1.165) is 10.2 Å². The van der Waals surface area contributed by atoms with Crippen LogP contribution in [-0.2, 0) is 0 Å². The summed E-state index contributed by atoms with van der Waals surface area (Å²) in [5.41, 5.74) is 3.56. The van der Waals surface area contributed by atoms with Crippen molar-refractivity contribution in [2.24, 2.45) is 0 Å². The van der Waals surface area contributed by atoms with Crippen LogP contribution in [0.4, 0.5) is 0 Å².